The van der Waals surface area contributed by atoms with Gasteiger partial charge in [-0.25, -0.2) is 4.79 Å². The lowest BCUT2D eigenvalue weighted by molar-refractivity contribution is 0.0717. The Hall–Kier alpha value is -2.53. The predicted molar refractivity (Wildman–Crippen MR) is 94.4 cm³/mol. The smallest absolute Gasteiger partial charge is 0.410 e. The van der Waals surface area contributed by atoms with E-state index in [2.05, 4.69) is 0 Å². The molecule has 0 radical (unpaired) electrons. The molecule has 0 saturated carbocycles. The van der Waals surface area contributed by atoms with Crippen LogP contribution in [0.15, 0.2) is 54.6 Å². The van der Waals surface area contributed by atoms with Gasteiger partial charge >= 0.3 is 6.09 Å². The molecule has 5 nitrogen and oxygen atoms in total. The van der Waals surface area contributed by atoms with Crippen LogP contribution in [0.3, 0.4) is 0 Å². The van der Waals surface area contributed by atoms with E-state index in [9.17, 15) is 9.90 Å². The van der Waals surface area contributed by atoms with Crippen LogP contribution in [0.1, 0.15) is 17.5 Å². The zero-order valence-electron chi connectivity index (χ0n) is 14.3. The van der Waals surface area contributed by atoms with E-state index in [0.717, 1.165) is 16.9 Å². The van der Waals surface area contributed by atoms with Crippen molar-refractivity contribution in [2.24, 2.45) is 0 Å². The normalized spacial score (nSPS) is 19.7. The minimum Gasteiger partial charge on any atom is -0.497 e. The third kappa shape index (κ3) is 4.31. The Morgan fingerprint density at radius 1 is 1.12 bits per heavy atom. The lowest BCUT2D eigenvalue weighted by Crippen LogP contribution is -2.41. The molecular formula is C20H23NO4. The number of carbonyl (C=O) groups is 1. The highest BCUT2D eigenvalue weighted by Gasteiger charge is 2.36. The first-order valence-corrected chi connectivity index (χ1v) is 8.45. The summed E-state index contributed by atoms with van der Waals surface area (Å²) < 4.78 is 10.6. The minimum atomic E-state index is -0.536. The number of amides is 1. The second-order valence-electron chi connectivity index (χ2n) is 6.21. The van der Waals surface area contributed by atoms with Gasteiger partial charge in [-0.2, -0.15) is 0 Å². The molecule has 0 bridgehead atoms. The number of aliphatic hydroxyl groups excluding tert-OH is 1. The average Bonchev–Trinajstić information content (AvgIpc) is 3.02. The van der Waals surface area contributed by atoms with Crippen molar-refractivity contribution in [3.63, 3.8) is 0 Å². The standard InChI is InChI=1S/C20H23NO4/c1-24-17-9-7-15(8-10-17)13-18-19(22)11-12-21(18)20(23)25-14-16-5-3-2-4-6-16/h2-10,18-19,22H,11-14H2,1H3/t18-,19-/m1/s1. The molecule has 2 aromatic rings. The van der Waals surface area contributed by atoms with Crippen LogP contribution in [0.25, 0.3) is 0 Å². The average molecular weight is 341 g/mol. The summed E-state index contributed by atoms with van der Waals surface area (Å²) in [5, 5.41) is 10.3. The van der Waals surface area contributed by atoms with Gasteiger partial charge in [-0.3, -0.25) is 0 Å². The van der Waals surface area contributed by atoms with Gasteiger partial charge in [0.25, 0.3) is 0 Å². The maximum atomic E-state index is 12.4. The first-order valence-electron chi connectivity index (χ1n) is 8.45. The van der Waals surface area contributed by atoms with Gasteiger partial charge in [0.05, 0.1) is 19.3 Å². The highest BCUT2D eigenvalue weighted by molar-refractivity contribution is 5.68. The van der Waals surface area contributed by atoms with Gasteiger partial charge in [-0.1, -0.05) is 42.5 Å². The molecule has 1 aliphatic heterocycles. The molecule has 0 aliphatic carbocycles. The maximum Gasteiger partial charge on any atom is 0.410 e. The number of likely N-dealkylation sites (tertiary alicyclic amines) is 1. The van der Waals surface area contributed by atoms with Crippen molar-refractivity contribution in [2.75, 3.05) is 13.7 Å². The van der Waals surface area contributed by atoms with Gasteiger partial charge in [0.2, 0.25) is 0 Å². The summed E-state index contributed by atoms with van der Waals surface area (Å²) >= 11 is 0. The van der Waals surface area contributed by atoms with Crippen LogP contribution < -0.4 is 4.74 Å². The van der Waals surface area contributed by atoms with Gasteiger partial charge in [0, 0.05) is 6.54 Å². The van der Waals surface area contributed by atoms with E-state index < -0.39 is 6.10 Å². The fourth-order valence-electron chi connectivity index (χ4n) is 3.12. The SMILES string of the molecule is COc1ccc(C[C@@H]2[C@H](O)CCN2C(=O)OCc2ccccc2)cc1. The van der Waals surface area contributed by atoms with Crippen molar-refractivity contribution in [3.8, 4) is 5.75 Å². The fourth-order valence-corrected chi connectivity index (χ4v) is 3.12. The molecule has 5 heteroatoms. The molecule has 1 fully saturated rings. The molecule has 1 aliphatic rings. The number of aliphatic hydroxyl groups is 1. The number of hydrogen-bond acceptors (Lipinski definition) is 4. The second-order valence-corrected chi connectivity index (χ2v) is 6.21. The number of methoxy groups -OCH3 is 1. The van der Waals surface area contributed by atoms with E-state index >= 15 is 0 Å². The summed E-state index contributed by atoms with van der Waals surface area (Å²) in [7, 11) is 1.63. The number of carbonyl (C=O) groups excluding carboxylic acids is 1. The molecular weight excluding hydrogens is 318 g/mol. The summed E-state index contributed by atoms with van der Waals surface area (Å²) in [6.07, 6.45) is 0.248. The summed E-state index contributed by atoms with van der Waals surface area (Å²) in [4.78, 5) is 14.1. The van der Waals surface area contributed by atoms with E-state index in [4.69, 9.17) is 9.47 Å². The van der Waals surface area contributed by atoms with Gasteiger partial charge in [-0.05, 0) is 36.1 Å². The van der Waals surface area contributed by atoms with E-state index in [1.165, 1.54) is 0 Å². The molecule has 132 valence electrons. The Morgan fingerprint density at radius 2 is 1.84 bits per heavy atom. The first-order chi connectivity index (χ1) is 12.2. The largest absolute Gasteiger partial charge is 0.497 e. The van der Waals surface area contributed by atoms with Crippen LogP contribution in [0.2, 0.25) is 0 Å². The molecule has 0 spiro atoms. The molecule has 1 amide bonds. The number of benzene rings is 2. The molecule has 25 heavy (non-hydrogen) atoms. The van der Waals surface area contributed by atoms with Gasteiger partial charge in [-0.15, -0.1) is 0 Å². The topological polar surface area (TPSA) is 59.0 Å². The molecule has 1 saturated heterocycles. The fraction of sp³-hybridized carbons (Fsp3) is 0.350. The molecule has 1 heterocycles. The highest BCUT2D eigenvalue weighted by Crippen LogP contribution is 2.24. The summed E-state index contributed by atoms with van der Waals surface area (Å²) in [5.41, 5.74) is 2.00. The molecule has 0 unspecified atom stereocenters. The van der Waals surface area contributed by atoms with E-state index in [-0.39, 0.29) is 18.7 Å². The van der Waals surface area contributed by atoms with Crippen molar-refractivity contribution in [1.29, 1.82) is 0 Å². The zero-order chi connectivity index (χ0) is 17.6. The number of rotatable bonds is 5. The van der Waals surface area contributed by atoms with Crippen molar-refractivity contribution >= 4 is 6.09 Å². The maximum absolute atomic E-state index is 12.4. The second kappa shape index (κ2) is 8.03. The lowest BCUT2D eigenvalue weighted by Gasteiger charge is -2.26. The predicted octanol–water partition coefficient (Wildman–Crippen LogP) is 3.01. The van der Waals surface area contributed by atoms with Gasteiger partial charge < -0.3 is 19.5 Å². The molecule has 2 aromatic carbocycles. The summed E-state index contributed by atoms with van der Waals surface area (Å²) in [5.74, 6) is 0.787. The Bertz CT molecular complexity index is 687. The number of hydrogen-bond donors (Lipinski definition) is 1. The minimum absolute atomic E-state index is 0.238. The monoisotopic (exact) mass is 341 g/mol. The molecule has 0 aromatic heterocycles. The quantitative estimate of drug-likeness (QED) is 0.908. The number of ether oxygens (including phenoxy) is 2. The Balaban J connectivity index is 1.62. The van der Waals surface area contributed by atoms with Crippen LogP contribution in [0.4, 0.5) is 4.79 Å². The van der Waals surface area contributed by atoms with E-state index in [0.29, 0.717) is 19.4 Å². The molecule has 3 rings (SSSR count). The van der Waals surface area contributed by atoms with Crippen molar-refractivity contribution in [3.05, 3.63) is 65.7 Å². The summed E-state index contributed by atoms with van der Waals surface area (Å²) in [6.45, 7) is 0.747. The van der Waals surface area contributed by atoms with Crippen LogP contribution in [-0.2, 0) is 17.8 Å². The van der Waals surface area contributed by atoms with E-state index in [1.807, 2.05) is 54.6 Å². The van der Waals surface area contributed by atoms with Gasteiger partial charge in [0.1, 0.15) is 12.4 Å². The number of nitrogens with zero attached hydrogens (tertiary/aromatic N) is 1. The lowest BCUT2D eigenvalue weighted by atomic mass is 10.0. The van der Waals surface area contributed by atoms with E-state index in [1.54, 1.807) is 12.0 Å². The van der Waals surface area contributed by atoms with Gasteiger partial charge in [0.15, 0.2) is 0 Å². The molecule has 1 N–H and O–H groups in total. The van der Waals surface area contributed by atoms with Crippen molar-refractivity contribution < 1.29 is 19.4 Å². The van der Waals surface area contributed by atoms with Crippen LogP contribution in [-0.4, -0.2) is 41.9 Å². The van der Waals surface area contributed by atoms with Crippen LogP contribution in [0, 0.1) is 0 Å². The van der Waals surface area contributed by atoms with Crippen LogP contribution in [0.5, 0.6) is 5.75 Å². The zero-order valence-corrected chi connectivity index (χ0v) is 14.3. The van der Waals surface area contributed by atoms with Crippen LogP contribution >= 0.6 is 0 Å². The Labute approximate surface area is 147 Å². The van der Waals surface area contributed by atoms with Crippen molar-refractivity contribution in [1.82, 2.24) is 4.90 Å². The first kappa shape index (κ1) is 17.3. The molecule has 2 atom stereocenters. The highest BCUT2D eigenvalue weighted by atomic mass is 16.6. The summed E-state index contributed by atoms with van der Waals surface area (Å²) in [6, 6.07) is 17.0. The Kier molecular flexibility index (Phi) is 5.56. The Morgan fingerprint density at radius 3 is 2.52 bits per heavy atom. The third-order valence-electron chi connectivity index (χ3n) is 4.55. The third-order valence-corrected chi connectivity index (χ3v) is 4.55. The van der Waals surface area contributed by atoms with Crippen molar-refractivity contribution in [2.45, 2.75) is 31.6 Å².